The fourth-order valence-electron chi connectivity index (χ4n) is 1.69. The standard InChI is InChI=1S/C9H17NO.2C2H6/c1-7-3-5-9(6-4-7)10-8(2)11;2*1-2/h7,9H,3-6H2,1-2H3,(H,10,11);2*1-2H3. The molecule has 0 bridgehead atoms. The van der Waals surface area contributed by atoms with Crippen molar-refractivity contribution in [3.8, 4) is 0 Å². The van der Waals surface area contributed by atoms with Gasteiger partial charge in [-0.15, -0.1) is 0 Å². The van der Waals surface area contributed by atoms with Gasteiger partial charge in [-0.3, -0.25) is 4.79 Å². The molecular formula is C13H29NO. The van der Waals surface area contributed by atoms with Crippen LogP contribution in [0, 0.1) is 5.92 Å². The maximum absolute atomic E-state index is 10.7. The molecule has 0 aromatic carbocycles. The molecule has 1 aliphatic rings. The van der Waals surface area contributed by atoms with Gasteiger partial charge in [0.05, 0.1) is 0 Å². The molecule has 0 spiro atoms. The third-order valence-corrected chi connectivity index (χ3v) is 2.42. The zero-order chi connectivity index (χ0) is 12.3. The lowest BCUT2D eigenvalue weighted by atomic mass is 9.87. The lowest BCUT2D eigenvalue weighted by Crippen LogP contribution is -2.35. The van der Waals surface area contributed by atoms with Gasteiger partial charge in [0.15, 0.2) is 0 Å². The van der Waals surface area contributed by atoms with E-state index < -0.39 is 0 Å². The van der Waals surface area contributed by atoms with Crippen molar-refractivity contribution in [2.24, 2.45) is 5.92 Å². The topological polar surface area (TPSA) is 29.1 Å². The number of nitrogens with one attached hydrogen (secondary N) is 1. The Labute approximate surface area is 95.8 Å². The maximum atomic E-state index is 10.7. The molecular weight excluding hydrogens is 186 g/mol. The molecule has 1 aliphatic carbocycles. The molecule has 2 heteroatoms. The number of amides is 1. The second-order valence-electron chi connectivity index (χ2n) is 3.66. The molecule has 1 fully saturated rings. The van der Waals surface area contributed by atoms with Crippen LogP contribution in [0.2, 0.25) is 0 Å². The summed E-state index contributed by atoms with van der Waals surface area (Å²) >= 11 is 0. The molecule has 0 heterocycles. The van der Waals surface area contributed by atoms with Crippen LogP contribution >= 0.6 is 0 Å². The van der Waals surface area contributed by atoms with Gasteiger partial charge in [-0.1, -0.05) is 34.6 Å². The minimum Gasteiger partial charge on any atom is -0.354 e. The predicted molar refractivity (Wildman–Crippen MR) is 67.9 cm³/mol. The Morgan fingerprint density at radius 3 is 1.73 bits per heavy atom. The van der Waals surface area contributed by atoms with E-state index in [9.17, 15) is 4.79 Å². The number of carbonyl (C=O) groups is 1. The molecule has 1 amide bonds. The van der Waals surface area contributed by atoms with Gasteiger partial charge in [-0.05, 0) is 31.6 Å². The first-order valence-electron chi connectivity index (χ1n) is 6.45. The van der Waals surface area contributed by atoms with Gasteiger partial charge in [0.1, 0.15) is 0 Å². The van der Waals surface area contributed by atoms with Crippen LogP contribution in [0.25, 0.3) is 0 Å². The molecule has 15 heavy (non-hydrogen) atoms. The lowest BCUT2D eigenvalue weighted by molar-refractivity contribution is -0.119. The molecule has 0 aromatic rings. The van der Waals surface area contributed by atoms with Crippen molar-refractivity contribution in [1.82, 2.24) is 5.32 Å². The summed E-state index contributed by atoms with van der Waals surface area (Å²) in [4.78, 5) is 10.7. The summed E-state index contributed by atoms with van der Waals surface area (Å²) < 4.78 is 0. The third kappa shape index (κ3) is 9.77. The molecule has 92 valence electrons. The van der Waals surface area contributed by atoms with Crippen LogP contribution in [0.15, 0.2) is 0 Å². The van der Waals surface area contributed by atoms with E-state index in [1.54, 1.807) is 6.92 Å². The van der Waals surface area contributed by atoms with Crippen LogP contribution in [0.5, 0.6) is 0 Å². The third-order valence-electron chi connectivity index (χ3n) is 2.42. The Morgan fingerprint density at radius 1 is 1.00 bits per heavy atom. The smallest absolute Gasteiger partial charge is 0.217 e. The largest absolute Gasteiger partial charge is 0.354 e. The summed E-state index contributed by atoms with van der Waals surface area (Å²) in [5, 5.41) is 2.96. The van der Waals surface area contributed by atoms with Gasteiger partial charge in [-0.25, -0.2) is 0 Å². The van der Waals surface area contributed by atoms with Crippen LogP contribution in [0.4, 0.5) is 0 Å². The van der Waals surface area contributed by atoms with Gasteiger partial charge >= 0.3 is 0 Å². The minimum absolute atomic E-state index is 0.115. The maximum Gasteiger partial charge on any atom is 0.217 e. The van der Waals surface area contributed by atoms with Crippen LogP contribution in [0.3, 0.4) is 0 Å². The van der Waals surface area contributed by atoms with Crippen molar-refractivity contribution in [3.63, 3.8) is 0 Å². The summed E-state index contributed by atoms with van der Waals surface area (Å²) in [5.74, 6) is 0.976. The number of hydrogen-bond acceptors (Lipinski definition) is 1. The molecule has 0 atom stereocenters. The Balaban J connectivity index is 0. The van der Waals surface area contributed by atoms with E-state index in [0.29, 0.717) is 6.04 Å². The fraction of sp³-hybridized carbons (Fsp3) is 0.923. The van der Waals surface area contributed by atoms with Crippen LogP contribution < -0.4 is 5.32 Å². The summed E-state index contributed by atoms with van der Waals surface area (Å²) in [6.45, 7) is 11.9. The van der Waals surface area contributed by atoms with Crippen molar-refractivity contribution in [3.05, 3.63) is 0 Å². The van der Waals surface area contributed by atoms with E-state index in [-0.39, 0.29) is 5.91 Å². The molecule has 0 saturated heterocycles. The van der Waals surface area contributed by atoms with Crippen LogP contribution in [-0.4, -0.2) is 11.9 Å². The van der Waals surface area contributed by atoms with Gasteiger partial charge in [-0.2, -0.15) is 0 Å². The van der Waals surface area contributed by atoms with Crippen molar-refractivity contribution in [2.75, 3.05) is 0 Å². The Kier molecular flexibility index (Phi) is 13.0. The molecule has 2 nitrogen and oxygen atoms in total. The van der Waals surface area contributed by atoms with Crippen molar-refractivity contribution in [1.29, 1.82) is 0 Å². The molecule has 0 radical (unpaired) electrons. The number of carbonyl (C=O) groups excluding carboxylic acids is 1. The molecule has 0 unspecified atom stereocenters. The Morgan fingerprint density at radius 2 is 1.40 bits per heavy atom. The first kappa shape index (κ1) is 16.9. The van der Waals surface area contributed by atoms with E-state index in [2.05, 4.69) is 12.2 Å². The first-order chi connectivity index (χ1) is 7.18. The van der Waals surface area contributed by atoms with Gasteiger partial charge in [0.2, 0.25) is 5.91 Å². The van der Waals surface area contributed by atoms with E-state index in [1.165, 1.54) is 25.7 Å². The molecule has 0 aromatic heterocycles. The summed E-state index contributed by atoms with van der Waals surface area (Å²) in [7, 11) is 0. The van der Waals surface area contributed by atoms with E-state index in [0.717, 1.165) is 5.92 Å². The monoisotopic (exact) mass is 215 g/mol. The van der Waals surface area contributed by atoms with Gasteiger partial charge in [0, 0.05) is 13.0 Å². The molecule has 0 aliphatic heterocycles. The second-order valence-corrected chi connectivity index (χ2v) is 3.66. The highest BCUT2D eigenvalue weighted by Crippen LogP contribution is 2.23. The molecule has 1 saturated carbocycles. The number of rotatable bonds is 1. The predicted octanol–water partition coefficient (Wildman–Crippen LogP) is 3.75. The zero-order valence-corrected chi connectivity index (χ0v) is 11.4. The quantitative estimate of drug-likeness (QED) is 0.709. The summed E-state index contributed by atoms with van der Waals surface area (Å²) in [6.07, 6.45) is 4.87. The van der Waals surface area contributed by atoms with Gasteiger partial charge < -0.3 is 5.32 Å². The molecule has 1 rings (SSSR count). The van der Waals surface area contributed by atoms with Crippen molar-refractivity contribution >= 4 is 5.91 Å². The van der Waals surface area contributed by atoms with E-state index in [1.807, 2.05) is 27.7 Å². The van der Waals surface area contributed by atoms with E-state index in [4.69, 9.17) is 0 Å². The lowest BCUT2D eigenvalue weighted by Gasteiger charge is -2.26. The average Bonchev–Trinajstić information content (AvgIpc) is 2.27. The second kappa shape index (κ2) is 11.5. The average molecular weight is 215 g/mol. The Hall–Kier alpha value is -0.530. The number of hydrogen-bond donors (Lipinski definition) is 1. The normalized spacial score (nSPS) is 23.9. The summed E-state index contributed by atoms with van der Waals surface area (Å²) in [6, 6.07) is 0.462. The highest BCUT2D eigenvalue weighted by molar-refractivity contribution is 5.73. The van der Waals surface area contributed by atoms with Gasteiger partial charge in [0.25, 0.3) is 0 Å². The summed E-state index contributed by atoms with van der Waals surface area (Å²) in [5.41, 5.74) is 0. The highest BCUT2D eigenvalue weighted by atomic mass is 16.1. The van der Waals surface area contributed by atoms with Crippen molar-refractivity contribution in [2.45, 2.75) is 73.3 Å². The van der Waals surface area contributed by atoms with Crippen molar-refractivity contribution < 1.29 is 4.79 Å². The Bertz CT molecular complexity index is 137. The zero-order valence-electron chi connectivity index (χ0n) is 11.4. The van der Waals surface area contributed by atoms with Crippen LogP contribution in [-0.2, 0) is 4.79 Å². The molecule has 1 N–H and O–H groups in total. The minimum atomic E-state index is 0.115. The highest BCUT2D eigenvalue weighted by Gasteiger charge is 2.17. The van der Waals surface area contributed by atoms with Crippen LogP contribution in [0.1, 0.15) is 67.2 Å². The first-order valence-corrected chi connectivity index (χ1v) is 6.45. The van der Waals surface area contributed by atoms with E-state index >= 15 is 0 Å². The SMILES string of the molecule is CC.CC.CC(=O)NC1CCC(C)CC1. The fourth-order valence-corrected chi connectivity index (χ4v) is 1.69.